The summed E-state index contributed by atoms with van der Waals surface area (Å²) >= 11 is 0. The average Bonchev–Trinajstić information content (AvgIpc) is 2.69. The second-order valence-corrected chi connectivity index (χ2v) is 5.16. The first-order chi connectivity index (χ1) is 9.17. The van der Waals surface area contributed by atoms with E-state index in [1.54, 1.807) is 0 Å². The van der Waals surface area contributed by atoms with Crippen LogP contribution in [-0.2, 0) is 18.2 Å². The number of hydrogen-bond acceptors (Lipinski definition) is 3. The number of nitrogens with zero attached hydrogens (tertiary/aromatic N) is 2. The van der Waals surface area contributed by atoms with Gasteiger partial charge in [-0.1, -0.05) is 13.8 Å². The van der Waals surface area contributed by atoms with Crippen LogP contribution in [0.3, 0.4) is 0 Å². The molecule has 1 N–H and O–H groups in total. The van der Waals surface area contributed by atoms with E-state index in [2.05, 4.69) is 30.3 Å². The Bertz CT molecular complexity index is 349. The van der Waals surface area contributed by atoms with Crippen molar-refractivity contribution < 1.29 is 4.74 Å². The summed E-state index contributed by atoms with van der Waals surface area (Å²) in [6, 6.07) is 2.65. The van der Waals surface area contributed by atoms with E-state index in [4.69, 9.17) is 4.74 Å². The molecule has 19 heavy (non-hydrogen) atoms. The lowest BCUT2D eigenvalue weighted by atomic mass is 10.1. The highest BCUT2D eigenvalue weighted by molar-refractivity contribution is 5.10. The van der Waals surface area contributed by atoms with Crippen LogP contribution in [0.25, 0.3) is 0 Å². The molecule has 0 saturated heterocycles. The fourth-order valence-corrected chi connectivity index (χ4v) is 2.20. The summed E-state index contributed by atoms with van der Waals surface area (Å²) in [5.74, 6) is 0. The summed E-state index contributed by atoms with van der Waals surface area (Å²) in [6.45, 7) is 9.16. The van der Waals surface area contributed by atoms with Crippen molar-refractivity contribution >= 4 is 0 Å². The minimum Gasteiger partial charge on any atom is -0.381 e. The molecule has 0 amide bonds. The Labute approximate surface area is 117 Å². The second-order valence-electron chi connectivity index (χ2n) is 5.16. The van der Waals surface area contributed by atoms with Crippen LogP contribution < -0.4 is 5.32 Å². The molecule has 0 aliphatic heterocycles. The highest BCUT2D eigenvalue weighted by Gasteiger charge is 2.12. The van der Waals surface area contributed by atoms with Crippen LogP contribution in [0.4, 0.5) is 0 Å². The molecule has 1 aromatic rings. The maximum absolute atomic E-state index is 5.60. The van der Waals surface area contributed by atoms with Crippen LogP contribution >= 0.6 is 0 Å². The van der Waals surface area contributed by atoms with Gasteiger partial charge in [0.25, 0.3) is 0 Å². The van der Waals surface area contributed by atoms with Gasteiger partial charge in [0.15, 0.2) is 0 Å². The van der Waals surface area contributed by atoms with Gasteiger partial charge in [-0.05, 0) is 38.8 Å². The van der Waals surface area contributed by atoms with Crippen molar-refractivity contribution in [2.45, 2.75) is 52.5 Å². The third-order valence-electron chi connectivity index (χ3n) is 3.20. The highest BCUT2D eigenvalue weighted by atomic mass is 16.5. The zero-order valence-electron chi connectivity index (χ0n) is 12.9. The molecule has 0 spiro atoms. The Morgan fingerprint density at radius 2 is 2.11 bits per heavy atom. The van der Waals surface area contributed by atoms with Crippen molar-refractivity contribution in [1.82, 2.24) is 15.1 Å². The largest absolute Gasteiger partial charge is 0.381 e. The van der Waals surface area contributed by atoms with E-state index in [0.29, 0.717) is 6.04 Å². The SMILES string of the molecule is CCCNC(CCOCCC)Cc1cc(C)nn1C. The van der Waals surface area contributed by atoms with Crippen LogP contribution in [0, 0.1) is 6.92 Å². The van der Waals surface area contributed by atoms with Gasteiger partial charge < -0.3 is 10.1 Å². The van der Waals surface area contributed by atoms with Crippen molar-refractivity contribution in [3.8, 4) is 0 Å². The molecular weight excluding hydrogens is 238 g/mol. The Balaban J connectivity index is 2.46. The molecule has 1 atom stereocenters. The molecular formula is C15H29N3O. The van der Waals surface area contributed by atoms with Crippen LogP contribution in [0.2, 0.25) is 0 Å². The minimum atomic E-state index is 0.478. The maximum Gasteiger partial charge on any atom is 0.0596 e. The minimum absolute atomic E-state index is 0.478. The first kappa shape index (κ1) is 16.2. The van der Waals surface area contributed by atoms with Crippen LogP contribution in [0.15, 0.2) is 6.07 Å². The fraction of sp³-hybridized carbons (Fsp3) is 0.800. The third kappa shape index (κ3) is 6.21. The summed E-state index contributed by atoms with van der Waals surface area (Å²) < 4.78 is 7.59. The maximum atomic E-state index is 5.60. The van der Waals surface area contributed by atoms with Gasteiger partial charge in [-0.25, -0.2) is 0 Å². The molecule has 0 bridgehead atoms. The molecule has 1 heterocycles. The lowest BCUT2D eigenvalue weighted by Crippen LogP contribution is -2.33. The molecule has 0 aromatic carbocycles. The average molecular weight is 267 g/mol. The molecule has 1 aromatic heterocycles. The lowest BCUT2D eigenvalue weighted by molar-refractivity contribution is 0.124. The Kier molecular flexibility index (Phi) is 7.75. The standard InChI is InChI=1S/C15H29N3O/c1-5-8-16-14(7-10-19-9-6-2)12-15-11-13(3)17-18(15)4/h11,14,16H,5-10,12H2,1-4H3. The predicted molar refractivity (Wildman–Crippen MR) is 79.5 cm³/mol. The molecule has 0 aliphatic rings. The van der Waals surface area contributed by atoms with Gasteiger partial charge in [0.05, 0.1) is 5.69 Å². The number of ether oxygens (including phenoxy) is 1. The number of aryl methyl sites for hydroxylation is 2. The smallest absolute Gasteiger partial charge is 0.0596 e. The summed E-state index contributed by atoms with van der Waals surface area (Å²) in [7, 11) is 2.02. The molecule has 0 fully saturated rings. The van der Waals surface area contributed by atoms with Crippen molar-refractivity contribution in [3.05, 3.63) is 17.5 Å². The van der Waals surface area contributed by atoms with Gasteiger partial charge in [-0.15, -0.1) is 0 Å². The van der Waals surface area contributed by atoms with Crippen molar-refractivity contribution in [2.75, 3.05) is 19.8 Å². The summed E-state index contributed by atoms with van der Waals surface area (Å²) in [5, 5.41) is 8.02. The Morgan fingerprint density at radius 3 is 2.68 bits per heavy atom. The normalized spacial score (nSPS) is 12.8. The number of rotatable bonds is 10. The van der Waals surface area contributed by atoms with E-state index in [-0.39, 0.29) is 0 Å². The number of aromatic nitrogens is 2. The quantitative estimate of drug-likeness (QED) is 0.662. The monoisotopic (exact) mass is 267 g/mol. The van der Waals surface area contributed by atoms with Crippen molar-refractivity contribution in [2.24, 2.45) is 7.05 Å². The molecule has 4 nitrogen and oxygen atoms in total. The van der Waals surface area contributed by atoms with Crippen molar-refractivity contribution in [1.29, 1.82) is 0 Å². The predicted octanol–water partition coefficient (Wildman–Crippen LogP) is 2.46. The van der Waals surface area contributed by atoms with E-state index in [1.165, 1.54) is 5.69 Å². The Morgan fingerprint density at radius 1 is 1.32 bits per heavy atom. The summed E-state index contributed by atoms with van der Waals surface area (Å²) in [5.41, 5.74) is 2.38. The zero-order chi connectivity index (χ0) is 14.1. The van der Waals surface area contributed by atoms with E-state index in [9.17, 15) is 0 Å². The highest BCUT2D eigenvalue weighted by Crippen LogP contribution is 2.08. The topological polar surface area (TPSA) is 39.1 Å². The van der Waals surface area contributed by atoms with Gasteiger partial charge in [0.1, 0.15) is 0 Å². The molecule has 1 rings (SSSR count). The van der Waals surface area contributed by atoms with Gasteiger partial charge in [0.2, 0.25) is 0 Å². The van der Waals surface area contributed by atoms with Gasteiger partial charge in [0, 0.05) is 38.4 Å². The van der Waals surface area contributed by atoms with E-state index < -0.39 is 0 Å². The van der Waals surface area contributed by atoms with Crippen LogP contribution in [0.5, 0.6) is 0 Å². The molecule has 0 radical (unpaired) electrons. The fourth-order valence-electron chi connectivity index (χ4n) is 2.20. The lowest BCUT2D eigenvalue weighted by Gasteiger charge is -2.18. The van der Waals surface area contributed by atoms with Gasteiger partial charge in [-0.2, -0.15) is 5.10 Å². The van der Waals surface area contributed by atoms with Crippen LogP contribution in [-0.4, -0.2) is 35.6 Å². The number of nitrogens with one attached hydrogen (secondary N) is 1. The van der Waals surface area contributed by atoms with Gasteiger partial charge >= 0.3 is 0 Å². The summed E-state index contributed by atoms with van der Waals surface area (Å²) in [4.78, 5) is 0. The first-order valence-electron chi connectivity index (χ1n) is 7.48. The Hall–Kier alpha value is -0.870. The zero-order valence-corrected chi connectivity index (χ0v) is 12.9. The van der Waals surface area contributed by atoms with Crippen LogP contribution in [0.1, 0.15) is 44.5 Å². The molecule has 4 heteroatoms. The second kappa shape index (κ2) is 9.10. The first-order valence-corrected chi connectivity index (χ1v) is 7.48. The van der Waals surface area contributed by atoms with Crippen molar-refractivity contribution in [3.63, 3.8) is 0 Å². The number of hydrogen-bond donors (Lipinski definition) is 1. The van der Waals surface area contributed by atoms with E-state index >= 15 is 0 Å². The molecule has 110 valence electrons. The third-order valence-corrected chi connectivity index (χ3v) is 3.20. The molecule has 1 unspecified atom stereocenters. The molecule has 0 aliphatic carbocycles. The van der Waals surface area contributed by atoms with E-state index in [0.717, 1.165) is 51.1 Å². The van der Waals surface area contributed by atoms with E-state index in [1.807, 2.05) is 18.7 Å². The molecule has 0 saturated carbocycles. The van der Waals surface area contributed by atoms with Gasteiger partial charge in [-0.3, -0.25) is 4.68 Å². The summed E-state index contributed by atoms with van der Waals surface area (Å²) in [6.07, 6.45) is 4.34.